The van der Waals surface area contributed by atoms with E-state index in [-0.39, 0.29) is 50.6 Å². The summed E-state index contributed by atoms with van der Waals surface area (Å²) in [5, 5.41) is 4.83. The Bertz CT molecular complexity index is 671. The number of alkyl carbamates (subject to hydrolysis) is 1. The van der Waals surface area contributed by atoms with Crippen LogP contribution in [0.3, 0.4) is 0 Å². The van der Waals surface area contributed by atoms with E-state index in [0.717, 1.165) is 10.5 Å². The summed E-state index contributed by atoms with van der Waals surface area (Å²) < 4.78 is 5.01. The SMILES string of the molecule is O=C(NCC(=O)N1CC(N2C(=O)CNC2=O)C1)OCc1ccccc1. The van der Waals surface area contributed by atoms with Crippen molar-refractivity contribution in [1.82, 2.24) is 20.4 Å². The van der Waals surface area contributed by atoms with Gasteiger partial charge in [-0.25, -0.2) is 9.59 Å². The van der Waals surface area contributed by atoms with Gasteiger partial charge < -0.3 is 20.3 Å². The largest absolute Gasteiger partial charge is 0.445 e. The van der Waals surface area contributed by atoms with Crippen molar-refractivity contribution in [3.8, 4) is 0 Å². The van der Waals surface area contributed by atoms with Gasteiger partial charge in [0.2, 0.25) is 11.8 Å². The van der Waals surface area contributed by atoms with Crippen molar-refractivity contribution in [3.63, 3.8) is 0 Å². The number of likely N-dealkylation sites (tertiary alicyclic amines) is 1. The molecule has 5 amide bonds. The first-order chi connectivity index (χ1) is 12.0. The maximum absolute atomic E-state index is 12.0. The van der Waals surface area contributed by atoms with Crippen molar-refractivity contribution in [2.24, 2.45) is 0 Å². The number of imide groups is 1. The third-order valence-electron chi connectivity index (χ3n) is 4.06. The standard InChI is InChI=1S/C16H18N4O5/c21-13(6-18-16(24)25-10-11-4-2-1-3-5-11)19-8-12(9-19)20-14(22)7-17-15(20)23/h1-5,12H,6-10H2,(H,17,23)(H,18,24). The minimum Gasteiger partial charge on any atom is -0.445 e. The van der Waals surface area contributed by atoms with Crippen molar-refractivity contribution in [3.05, 3.63) is 35.9 Å². The molecule has 2 aliphatic heterocycles. The van der Waals surface area contributed by atoms with Crippen LogP contribution in [-0.4, -0.2) is 66.0 Å². The number of carbonyl (C=O) groups excluding carboxylic acids is 4. The van der Waals surface area contributed by atoms with Crippen molar-refractivity contribution in [2.45, 2.75) is 12.6 Å². The van der Waals surface area contributed by atoms with Crippen LogP contribution in [0.5, 0.6) is 0 Å². The van der Waals surface area contributed by atoms with Crippen molar-refractivity contribution >= 4 is 23.9 Å². The molecular weight excluding hydrogens is 328 g/mol. The summed E-state index contributed by atoms with van der Waals surface area (Å²) in [7, 11) is 0. The Balaban J connectivity index is 1.35. The number of amides is 5. The van der Waals surface area contributed by atoms with Crippen molar-refractivity contribution in [2.75, 3.05) is 26.2 Å². The molecule has 2 heterocycles. The van der Waals surface area contributed by atoms with E-state index < -0.39 is 12.1 Å². The summed E-state index contributed by atoms with van der Waals surface area (Å²) in [6, 6.07) is 8.47. The van der Waals surface area contributed by atoms with E-state index in [0.29, 0.717) is 0 Å². The molecule has 2 saturated heterocycles. The minimum atomic E-state index is -0.677. The van der Waals surface area contributed by atoms with Crippen LogP contribution < -0.4 is 10.6 Å². The molecule has 0 saturated carbocycles. The van der Waals surface area contributed by atoms with Gasteiger partial charge in [0.15, 0.2) is 0 Å². The van der Waals surface area contributed by atoms with Gasteiger partial charge in [-0.2, -0.15) is 0 Å². The second-order valence-electron chi connectivity index (χ2n) is 5.79. The van der Waals surface area contributed by atoms with Crippen LogP contribution in [0, 0.1) is 0 Å². The van der Waals surface area contributed by atoms with Gasteiger partial charge in [0.25, 0.3) is 0 Å². The fourth-order valence-electron chi connectivity index (χ4n) is 2.66. The number of hydrogen-bond donors (Lipinski definition) is 2. The number of rotatable bonds is 5. The topological polar surface area (TPSA) is 108 Å². The third-order valence-corrected chi connectivity index (χ3v) is 4.06. The Kier molecular flexibility index (Phi) is 4.82. The minimum absolute atomic E-state index is 0.00189. The Hall–Kier alpha value is -3.10. The van der Waals surface area contributed by atoms with Crippen molar-refractivity contribution in [1.29, 1.82) is 0 Å². The highest BCUT2D eigenvalue weighted by Gasteiger charge is 2.42. The van der Waals surface area contributed by atoms with Gasteiger partial charge in [0.05, 0.1) is 12.6 Å². The van der Waals surface area contributed by atoms with E-state index in [2.05, 4.69) is 10.6 Å². The lowest BCUT2D eigenvalue weighted by Crippen LogP contribution is -2.63. The quantitative estimate of drug-likeness (QED) is 0.710. The normalized spacial score (nSPS) is 17.1. The number of nitrogens with one attached hydrogen (secondary N) is 2. The van der Waals surface area contributed by atoms with Crippen LogP contribution in [0.15, 0.2) is 30.3 Å². The molecule has 0 unspecified atom stereocenters. The molecule has 2 N–H and O–H groups in total. The zero-order valence-electron chi connectivity index (χ0n) is 13.4. The van der Waals surface area contributed by atoms with E-state index in [1.54, 1.807) is 0 Å². The molecule has 25 heavy (non-hydrogen) atoms. The van der Waals surface area contributed by atoms with Gasteiger partial charge >= 0.3 is 12.1 Å². The molecule has 3 rings (SSSR count). The fourth-order valence-corrected chi connectivity index (χ4v) is 2.66. The second-order valence-corrected chi connectivity index (χ2v) is 5.79. The molecule has 1 aromatic carbocycles. The zero-order chi connectivity index (χ0) is 17.8. The summed E-state index contributed by atoms with van der Waals surface area (Å²) in [5.74, 6) is -0.579. The third kappa shape index (κ3) is 3.87. The Morgan fingerprint density at radius 3 is 2.56 bits per heavy atom. The second kappa shape index (κ2) is 7.20. The average molecular weight is 346 g/mol. The van der Waals surface area contributed by atoms with E-state index in [1.807, 2.05) is 30.3 Å². The molecule has 0 radical (unpaired) electrons. The molecule has 132 valence electrons. The first-order valence-electron chi connectivity index (χ1n) is 7.87. The van der Waals surface area contributed by atoms with Crippen molar-refractivity contribution < 1.29 is 23.9 Å². The first kappa shape index (κ1) is 16.7. The predicted octanol–water partition coefficient (Wildman–Crippen LogP) is -0.325. The molecule has 2 fully saturated rings. The molecule has 0 aliphatic carbocycles. The van der Waals surface area contributed by atoms with Gasteiger partial charge in [0.1, 0.15) is 13.2 Å². The number of nitrogens with zero attached hydrogens (tertiary/aromatic N) is 2. The Labute approximate surface area is 143 Å². The molecule has 0 spiro atoms. The lowest BCUT2D eigenvalue weighted by Gasteiger charge is -2.42. The Morgan fingerprint density at radius 1 is 1.20 bits per heavy atom. The predicted molar refractivity (Wildman–Crippen MR) is 85.2 cm³/mol. The van der Waals surface area contributed by atoms with Gasteiger partial charge in [-0.05, 0) is 5.56 Å². The van der Waals surface area contributed by atoms with E-state index in [4.69, 9.17) is 4.74 Å². The monoisotopic (exact) mass is 346 g/mol. The number of hydrogen-bond acceptors (Lipinski definition) is 5. The lowest BCUT2D eigenvalue weighted by atomic mass is 10.1. The maximum atomic E-state index is 12.0. The van der Waals surface area contributed by atoms with Crippen LogP contribution in [0.2, 0.25) is 0 Å². The summed E-state index contributed by atoms with van der Waals surface area (Å²) >= 11 is 0. The number of carbonyl (C=O) groups is 4. The summed E-state index contributed by atoms with van der Waals surface area (Å²) in [4.78, 5) is 49.3. The lowest BCUT2D eigenvalue weighted by molar-refractivity contribution is -0.141. The maximum Gasteiger partial charge on any atom is 0.407 e. The molecule has 9 heteroatoms. The molecule has 0 bridgehead atoms. The van der Waals surface area contributed by atoms with Crippen LogP contribution in [0.4, 0.5) is 9.59 Å². The van der Waals surface area contributed by atoms with E-state index >= 15 is 0 Å². The van der Waals surface area contributed by atoms with Crippen LogP contribution >= 0.6 is 0 Å². The summed E-state index contributed by atoms with van der Waals surface area (Å²) in [6.45, 7) is 0.481. The zero-order valence-corrected chi connectivity index (χ0v) is 13.4. The van der Waals surface area contributed by atoms with Crippen LogP contribution in [0.25, 0.3) is 0 Å². The van der Waals surface area contributed by atoms with E-state index in [9.17, 15) is 19.2 Å². The van der Waals surface area contributed by atoms with Gasteiger partial charge in [-0.1, -0.05) is 30.3 Å². The average Bonchev–Trinajstić information content (AvgIpc) is 2.90. The molecule has 2 aliphatic rings. The molecular formula is C16H18N4O5. The Morgan fingerprint density at radius 2 is 1.92 bits per heavy atom. The molecule has 0 aromatic heterocycles. The number of urea groups is 1. The number of ether oxygens (including phenoxy) is 1. The van der Waals surface area contributed by atoms with Gasteiger partial charge in [-0.15, -0.1) is 0 Å². The molecule has 9 nitrogen and oxygen atoms in total. The van der Waals surface area contributed by atoms with Gasteiger partial charge in [-0.3, -0.25) is 14.5 Å². The molecule has 0 atom stereocenters. The van der Waals surface area contributed by atoms with E-state index in [1.165, 1.54) is 4.90 Å². The van der Waals surface area contributed by atoms with Crippen LogP contribution in [0.1, 0.15) is 5.56 Å². The summed E-state index contributed by atoms with van der Waals surface area (Å²) in [6.07, 6.45) is -0.677. The summed E-state index contributed by atoms with van der Waals surface area (Å²) in [5.41, 5.74) is 0.850. The highest BCUT2D eigenvalue weighted by molar-refractivity contribution is 6.02. The number of benzene rings is 1. The fraction of sp³-hybridized carbons (Fsp3) is 0.375. The van der Waals surface area contributed by atoms with Crippen LogP contribution in [-0.2, 0) is 20.9 Å². The first-order valence-corrected chi connectivity index (χ1v) is 7.87. The molecule has 1 aromatic rings. The highest BCUT2D eigenvalue weighted by atomic mass is 16.5. The van der Waals surface area contributed by atoms with Gasteiger partial charge in [0, 0.05) is 13.1 Å². The smallest absolute Gasteiger partial charge is 0.407 e. The highest BCUT2D eigenvalue weighted by Crippen LogP contribution is 2.17.